The Kier molecular flexibility index (Phi) is 2.29. The van der Waals surface area contributed by atoms with E-state index in [-0.39, 0.29) is 0 Å². The first-order valence-corrected chi connectivity index (χ1v) is 3.81. The lowest BCUT2D eigenvalue weighted by atomic mass is 10.3. The maximum Gasteiger partial charge on any atom is 0.121 e. The average Bonchev–Trinajstić information content (AvgIpc) is 2.41. The lowest BCUT2D eigenvalue weighted by molar-refractivity contribution is 0.728. The van der Waals surface area contributed by atoms with Gasteiger partial charge in [-0.25, -0.2) is 0 Å². The van der Waals surface area contributed by atoms with Gasteiger partial charge in [-0.15, -0.1) is 23.2 Å². The minimum Gasteiger partial charge on any atom is -0.101 e. The van der Waals surface area contributed by atoms with E-state index in [0.717, 1.165) is 12.8 Å². The predicted molar refractivity (Wildman–Crippen MR) is 41.2 cm³/mol. The number of azide groups is 1. The van der Waals surface area contributed by atoms with E-state index in [9.17, 15) is 0 Å². The van der Waals surface area contributed by atoms with Gasteiger partial charge in [0.25, 0.3) is 0 Å². The topological polar surface area (TPSA) is 48.8 Å². The fourth-order valence-corrected chi connectivity index (χ4v) is 1.43. The zero-order chi connectivity index (χ0) is 7.61. The van der Waals surface area contributed by atoms with Crippen molar-refractivity contribution in [1.29, 1.82) is 0 Å². The van der Waals surface area contributed by atoms with Crippen molar-refractivity contribution in [2.75, 3.05) is 6.54 Å². The van der Waals surface area contributed by atoms with Gasteiger partial charge in [-0.2, -0.15) is 0 Å². The molecule has 3 nitrogen and oxygen atoms in total. The minimum atomic E-state index is -0.523. The summed E-state index contributed by atoms with van der Waals surface area (Å²) < 4.78 is -0.523. The van der Waals surface area contributed by atoms with Crippen LogP contribution in [0.5, 0.6) is 0 Å². The summed E-state index contributed by atoms with van der Waals surface area (Å²) in [7, 11) is 0. The van der Waals surface area contributed by atoms with Gasteiger partial charge in [0.1, 0.15) is 4.33 Å². The summed E-state index contributed by atoms with van der Waals surface area (Å²) in [5.41, 5.74) is 7.92. The van der Waals surface area contributed by atoms with E-state index in [1.165, 1.54) is 0 Å². The fraction of sp³-hybridized carbons (Fsp3) is 1.00. The lowest BCUT2D eigenvalue weighted by Crippen LogP contribution is -1.91. The molecule has 1 aliphatic carbocycles. The first kappa shape index (κ1) is 7.99. The van der Waals surface area contributed by atoms with Crippen LogP contribution in [-0.2, 0) is 0 Å². The smallest absolute Gasteiger partial charge is 0.101 e. The Morgan fingerprint density at radius 1 is 1.70 bits per heavy atom. The van der Waals surface area contributed by atoms with E-state index in [4.69, 9.17) is 28.7 Å². The first-order valence-electron chi connectivity index (χ1n) is 3.05. The summed E-state index contributed by atoms with van der Waals surface area (Å²) in [4.78, 5) is 2.62. The maximum atomic E-state index is 7.92. The summed E-state index contributed by atoms with van der Waals surface area (Å²) in [5, 5.41) is 3.38. The molecule has 1 aliphatic rings. The van der Waals surface area contributed by atoms with Crippen molar-refractivity contribution in [3.63, 3.8) is 0 Å². The molecule has 0 radical (unpaired) electrons. The van der Waals surface area contributed by atoms with E-state index in [1.54, 1.807) is 0 Å². The van der Waals surface area contributed by atoms with Crippen LogP contribution in [0.15, 0.2) is 5.11 Å². The number of hydrogen-bond donors (Lipinski definition) is 0. The minimum absolute atomic E-state index is 0.335. The molecule has 0 bridgehead atoms. The van der Waals surface area contributed by atoms with Crippen LogP contribution in [0.2, 0.25) is 0 Å². The Bertz CT molecular complexity index is 174. The van der Waals surface area contributed by atoms with Crippen LogP contribution in [0.4, 0.5) is 0 Å². The molecule has 0 amide bonds. The van der Waals surface area contributed by atoms with Crippen LogP contribution < -0.4 is 0 Å². The number of rotatable bonds is 3. The van der Waals surface area contributed by atoms with Crippen molar-refractivity contribution in [2.24, 2.45) is 11.0 Å². The summed E-state index contributed by atoms with van der Waals surface area (Å²) in [6, 6.07) is 0. The molecule has 0 aromatic heterocycles. The van der Waals surface area contributed by atoms with Gasteiger partial charge in [0.15, 0.2) is 0 Å². The predicted octanol–water partition coefficient (Wildman–Crippen LogP) is 2.88. The molecule has 0 spiro atoms. The molecule has 0 aromatic carbocycles. The Hall–Kier alpha value is -0.110. The standard InChI is InChI=1S/C5H7Cl2N3/c6-5(7)3-4(5)1-2-9-10-8/h4H,1-3H2/t4-/m1/s1. The highest BCUT2D eigenvalue weighted by atomic mass is 35.5. The molecule has 0 saturated heterocycles. The molecule has 56 valence electrons. The Labute approximate surface area is 68.9 Å². The van der Waals surface area contributed by atoms with Crippen LogP contribution in [-0.4, -0.2) is 10.9 Å². The van der Waals surface area contributed by atoms with Crippen molar-refractivity contribution in [1.82, 2.24) is 0 Å². The highest BCUT2D eigenvalue weighted by Gasteiger charge is 2.50. The summed E-state index contributed by atoms with van der Waals surface area (Å²) >= 11 is 11.4. The second-order valence-corrected chi connectivity index (χ2v) is 3.95. The Morgan fingerprint density at radius 2 is 2.30 bits per heavy atom. The number of hydrogen-bond acceptors (Lipinski definition) is 1. The molecule has 1 fully saturated rings. The van der Waals surface area contributed by atoms with Gasteiger partial charge in [-0.3, -0.25) is 0 Å². The Balaban J connectivity index is 2.13. The number of nitrogens with zero attached hydrogens (tertiary/aromatic N) is 3. The molecule has 1 saturated carbocycles. The second-order valence-electron chi connectivity index (χ2n) is 2.41. The van der Waals surface area contributed by atoms with Crippen LogP contribution in [0.25, 0.3) is 10.4 Å². The van der Waals surface area contributed by atoms with Gasteiger partial charge >= 0.3 is 0 Å². The maximum absolute atomic E-state index is 7.92. The SMILES string of the molecule is [N-]=[N+]=NCC[C@@H]1CC1(Cl)Cl. The Morgan fingerprint density at radius 3 is 2.70 bits per heavy atom. The molecular weight excluding hydrogens is 173 g/mol. The molecule has 0 unspecified atom stereocenters. The van der Waals surface area contributed by atoms with Crippen LogP contribution in [0.3, 0.4) is 0 Å². The van der Waals surface area contributed by atoms with Crippen LogP contribution in [0.1, 0.15) is 12.8 Å². The zero-order valence-electron chi connectivity index (χ0n) is 5.30. The van der Waals surface area contributed by atoms with Crippen LogP contribution >= 0.6 is 23.2 Å². The van der Waals surface area contributed by atoms with Crippen molar-refractivity contribution in [3.8, 4) is 0 Å². The quantitative estimate of drug-likeness (QED) is 0.277. The molecule has 10 heavy (non-hydrogen) atoms. The summed E-state index contributed by atoms with van der Waals surface area (Å²) in [6.07, 6.45) is 1.63. The summed E-state index contributed by atoms with van der Waals surface area (Å²) in [5.74, 6) is 0.335. The van der Waals surface area contributed by atoms with E-state index >= 15 is 0 Å². The van der Waals surface area contributed by atoms with Gasteiger partial charge in [0.2, 0.25) is 0 Å². The lowest BCUT2D eigenvalue weighted by Gasteiger charge is -1.93. The van der Waals surface area contributed by atoms with Crippen molar-refractivity contribution < 1.29 is 0 Å². The number of halogens is 2. The number of alkyl halides is 2. The van der Waals surface area contributed by atoms with Gasteiger partial charge in [-0.1, -0.05) is 5.11 Å². The van der Waals surface area contributed by atoms with E-state index in [1.807, 2.05) is 0 Å². The van der Waals surface area contributed by atoms with Crippen molar-refractivity contribution >= 4 is 23.2 Å². The van der Waals surface area contributed by atoms with Crippen molar-refractivity contribution in [2.45, 2.75) is 17.2 Å². The molecule has 0 aliphatic heterocycles. The zero-order valence-corrected chi connectivity index (χ0v) is 6.81. The molecular formula is C5H7Cl2N3. The van der Waals surface area contributed by atoms with E-state index in [2.05, 4.69) is 10.0 Å². The largest absolute Gasteiger partial charge is 0.121 e. The summed E-state index contributed by atoms with van der Waals surface area (Å²) in [6.45, 7) is 0.502. The molecule has 0 N–H and O–H groups in total. The van der Waals surface area contributed by atoms with E-state index in [0.29, 0.717) is 12.5 Å². The molecule has 1 atom stereocenters. The monoisotopic (exact) mass is 179 g/mol. The first-order chi connectivity index (χ1) is 4.67. The molecule has 5 heteroatoms. The fourth-order valence-electron chi connectivity index (χ4n) is 0.841. The average molecular weight is 180 g/mol. The molecule has 0 aromatic rings. The third kappa shape index (κ3) is 1.94. The van der Waals surface area contributed by atoms with Crippen LogP contribution in [0, 0.1) is 5.92 Å². The second kappa shape index (κ2) is 2.87. The van der Waals surface area contributed by atoms with Gasteiger partial charge in [-0.05, 0) is 24.3 Å². The van der Waals surface area contributed by atoms with Gasteiger partial charge < -0.3 is 0 Å². The highest BCUT2D eigenvalue weighted by Crippen LogP contribution is 2.54. The van der Waals surface area contributed by atoms with Gasteiger partial charge in [0, 0.05) is 11.5 Å². The molecule has 0 heterocycles. The van der Waals surface area contributed by atoms with Crippen molar-refractivity contribution in [3.05, 3.63) is 10.4 Å². The highest BCUT2D eigenvalue weighted by molar-refractivity contribution is 6.50. The third-order valence-electron chi connectivity index (χ3n) is 1.60. The third-order valence-corrected chi connectivity index (χ3v) is 2.52. The van der Waals surface area contributed by atoms with E-state index < -0.39 is 4.33 Å². The van der Waals surface area contributed by atoms with Gasteiger partial charge in [0.05, 0.1) is 0 Å². The molecule has 1 rings (SSSR count). The normalized spacial score (nSPS) is 27.2.